The number of hydrogen-bond donors (Lipinski definition) is 1. The molecule has 9 nitrogen and oxygen atoms in total. The van der Waals surface area contributed by atoms with E-state index in [-0.39, 0.29) is 58.4 Å². The van der Waals surface area contributed by atoms with Crippen LogP contribution in [0.3, 0.4) is 0 Å². The summed E-state index contributed by atoms with van der Waals surface area (Å²) in [7, 11) is -0.827. The van der Waals surface area contributed by atoms with Gasteiger partial charge in [0.05, 0.1) is 18.8 Å². The Morgan fingerprint density at radius 1 is 1.30 bits per heavy atom. The molecule has 12 heteroatoms. The molecule has 1 aromatic heterocycles. The molecule has 0 aliphatic carbocycles. The molecule has 1 aliphatic rings. The highest BCUT2D eigenvalue weighted by Gasteiger charge is 2.30. The molecule has 33 heavy (non-hydrogen) atoms. The second-order valence-electron chi connectivity index (χ2n) is 7.92. The first kappa shape index (κ1) is 23.0. The highest BCUT2D eigenvalue weighted by Crippen LogP contribution is 2.41. The molecule has 3 aromatic rings. The molecule has 0 bridgehead atoms. The van der Waals surface area contributed by atoms with Crippen molar-refractivity contribution < 1.29 is 37.1 Å². The Morgan fingerprint density at radius 2 is 2.03 bits per heavy atom. The Bertz CT molecular complexity index is 1300. The summed E-state index contributed by atoms with van der Waals surface area (Å²) in [5.74, 6) is -1.54. The van der Waals surface area contributed by atoms with Gasteiger partial charge in [0.25, 0.3) is 5.91 Å². The summed E-state index contributed by atoms with van der Waals surface area (Å²) in [5, 5.41) is 0. The van der Waals surface area contributed by atoms with E-state index in [2.05, 4.69) is 4.98 Å². The quantitative estimate of drug-likeness (QED) is 0.557. The van der Waals surface area contributed by atoms with E-state index in [0.717, 1.165) is 23.5 Å². The number of amides is 1. The fraction of sp³-hybridized carbons (Fsp3) is 0.333. The fourth-order valence-electron chi connectivity index (χ4n) is 3.65. The minimum absolute atomic E-state index is 0.0396. The third-order valence-corrected chi connectivity index (χ3v) is 5.48. The van der Waals surface area contributed by atoms with Crippen molar-refractivity contribution in [2.24, 2.45) is 0 Å². The number of hydrogen-bond acceptors (Lipinski definition) is 6. The van der Waals surface area contributed by atoms with Gasteiger partial charge in [0.2, 0.25) is 0 Å². The van der Waals surface area contributed by atoms with E-state index in [4.69, 9.17) is 14.1 Å². The molecule has 2 atom stereocenters. The summed E-state index contributed by atoms with van der Waals surface area (Å²) in [5.41, 5.74) is 0.717. The van der Waals surface area contributed by atoms with Gasteiger partial charge in [-0.1, -0.05) is 0 Å². The van der Waals surface area contributed by atoms with E-state index in [0.29, 0.717) is 0 Å². The Labute approximate surface area is 188 Å². The number of carbonyl (C=O) groups is 1. The summed E-state index contributed by atoms with van der Waals surface area (Å²) in [6.07, 6.45) is -0.580. The number of ether oxygens (including phenoxy) is 2. The number of rotatable bonds is 5. The molecule has 0 saturated heterocycles. The predicted molar refractivity (Wildman–Crippen MR) is 115 cm³/mol. The zero-order valence-electron chi connectivity index (χ0n) is 18.3. The van der Waals surface area contributed by atoms with Gasteiger partial charge in [0, 0.05) is 38.2 Å². The van der Waals surface area contributed by atoms with E-state index in [1.807, 2.05) is 0 Å². The summed E-state index contributed by atoms with van der Waals surface area (Å²) in [6, 6.07) is 4.76. The van der Waals surface area contributed by atoms with E-state index in [1.165, 1.54) is 17.0 Å². The van der Waals surface area contributed by atoms with Crippen molar-refractivity contribution >= 4 is 24.5 Å². The van der Waals surface area contributed by atoms with E-state index < -0.39 is 25.3 Å². The van der Waals surface area contributed by atoms with Gasteiger partial charge >= 0.3 is 7.60 Å². The molecule has 1 amide bonds. The topological polar surface area (TPSA) is 103 Å². The van der Waals surface area contributed by atoms with Gasteiger partial charge in [0.1, 0.15) is 46.1 Å². The van der Waals surface area contributed by atoms with Crippen LogP contribution in [0.1, 0.15) is 34.3 Å². The van der Waals surface area contributed by atoms with Crippen molar-refractivity contribution in [2.75, 3.05) is 27.4 Å². The molecule has 1 N–H and O–H groups in total. The van der Waals surface area contributed by atoms with Gasteiger partial charge in [0.15, 0.2) is 0 Å². The van der Waals surface area contributed by atoms with Crippen LogP contribution in [0.4, 0.5) is 8.78 Å². The lowest BCUT2D eigenvalue weighted by molar-refractivity contribution is 0.0826. The molecule has 1 aliphatic heterocycles. The number of aryl methyl sites for hydroxylation is 1. The Hall–Kier alpha value is -3.17. The average molecular weight is 481 g/mol. The van der Waals surface area contributed by atoms with Crippen molar-refractivity contribution in [1.82, 2.24) is 14.6 Å². The molecule has 176 valence electrons. The van der Waals surface area contributed by atoms with Crippen LogP contribution in [0, 0.1) is 18.6 Å². The van der Waals surface area contributed by atoms with Crippen LogP contribution in [0.2, 0.25) is 0 Å². The van der Waals surface area contributed by atoms with E-state index in [1.54, 1.807) is 21.0 Å². The highest BCUT2D eigenvalue weighted by atomic mass is 31.2. The molecule has 0 radical (unpaired) electrons. The van der Waals surface area contributed by atoms with Gasteiger partial charge in [-0.25, -0.2) is 18.3 Å². The molecule has 0 fully saturated rings. The van der Waals surface area contributed by atoms with Gasteiger partial charge in [-0.05, 0) is 19.1 Å². The lowest BCUT2D eigenvalue weighted by Crippen LogP contribution is -2.23. The SMILES string of the molecule is Cc1nc2c(O[C@H]3CCOc4cc(F)cc(F)c43)cc(C(=O)N(C)C)cc2n1OP(C)(=O)O. The monoisotopic (exact) mass is 481 g/mol. The number of halogens is 2. The Morgan fingerprint density at radius 3 is 2.70 bits per heavy atom. The first-order valence-electron chi connectivity index (χ1n) is 9.98. The van der Waals surface area contributed by atoms with Crippen LogP contribution < -0.4 is 14.1 Å². The maximum Gasteiger partial charge on any atom is 0.392 e. The van der Waals surface area contributed by atoms with Crippen LogP contribution in [-0.4, -0.2) is 52.8 Å². The zero-order chi connectivity index (χ0) is 24.1. The number of carbonyl (C=O) groups excluding carboxylic acids is 1. The van der Waals surface area contributed by atoms with Crippen molar-refractivity contribution in [3.05, 3.63) is 52.9 Å². The summed E-state index contributed by atoms with van der Waals surface area (Å²) >= 11 is 0. The minimum Gasteiger partial charge on any atom is -0.493 e. The summed E-state index contributed by atoms with van der Waals surface area (Å²) in [4.78, 5) is 28.1. The van der Waals surface area contributed by atoms with Crippen molar-refractivity contribution in [3.8, 4) is 11.5 Å². The molecule has 0 saturated carbocycles. The molecule has 4 rings (SSSR count). The largest absolute Gasteiger partial charge is 0.493 e. The molecule has 2 aromatic carbocycles. The van der Waals surface area contributed by atoms with Gasteiger partial charge < -0.3 is 23.9 Å². The van der Waals surface area contributed by atoms with Crippen LogP contribution in [-0.2, 0) is 4.57 Å². The number of benzene rings is 2. The maximum atomic E-state index is 14.6. The predicted octanol–water partition coefficient (Wildman–Crippen LogP) is 3.47. The third-order valence-electron chi connectivity index (χ3n) is 5.01. The molecule has 2 heterocycles. The minimum atomic E-state index is -3.96. The van der Waals surface area contributed by atoms with Crippen LogP contribution in [0.15, 0.2) is 24.3 Å². The number of aromatic nitrogens is 2. The van der Waals surface area contributed by atoms with Crippen molar-refractivity contribution in [3.63, 3.8) is 0 Å². The number of fused-ring (bicyclic) bond motifs is 2. The van der Waals surface area contributed by atoms with E-state index >= 15 is 0 Å². The van der Waals surface area contributed by atoms with Gasteiger partial charge in [-0.2, -0.15) is 4.73 Å². The number of nitrogens with zero attached hydrogens (tertiary/aromatic N) is 3. The van der Waals surface area contributed by atoms with Crippen LogP contribution in [0.25, 0.3) is 11.0 Å². The standard InChI is InChI=1S/C21H22F2N3O6P/c1-11-24-20-15(26(11)32-33(4,28)29)7-12(21(27)25(2)3)8-18(20)31-16-5-6-30-17-10-13(22)9-14(23)19(16)17/h7-10,16H,5-6H2,1-4H3,(H,28,29)/t16-/m0/s1. The van der Waals surface area contributed by atoms with Crippen LogP contribution >= 0.6 is 7.60 Å². The first-order valence-corrected chi connectivity index (χ1v) is 12.0. The molecule has 0 spiro atoms. The average Bonchev–Trinajstić information content (AvgIpc) is 3.01. The number of imidazole rings is 1. The molecular formula is C21H22F2N3O6P. The van der Waals surface area contributed by atoms with Gasteiger partial charge in [-0.15, -0.1) is 0 Å². The Balaban J connectivity index is 1.87. The first-order chi connectivity index (χ1) is 15.4. The summed E-state index contributed by atoms with van der Waals surface area (Å²) in [6.45, 7) is 2.74. The van der Waals surface area contributed by atoms with E-state index in [9.17, 15) is 23.0 Å². The fourth-order valence-corrected chi connectivity index (χ4v) is 4.16. The summed E-state index contributed by atoms with van der Waals surface area (Å²) < 4.78 is 57.9. The second kappa shape index (κ2) is 8.31. The van der Waals surface area contributed by atoms with Crippen LogP contribution in [0.5, 0.6) is 11.5 Å². The molecule has 1 unspecified atom stereocenters. The van der Waals surface area contributed by atoms with Gasteiger partial charge in [-0.3, -0.25) is 4.79 Å². The smallest absolute Gasteiger partial charge is 0.392 e. The lowest BCUT2D eigenvalue weighted by Gasteiger charge is -2.27. The lowest BCUT2D eigenvalue weighted by atomic mass is 10.0. The Kier molecular flexibility index (Phi) is 5.79. The highest BCUT2D eigenvalue weighted by molar-refractivity contribution is 7.52. The zero-order valence-corrected chi connectivity index (χ0v) is 19.2. The second-order valence-corrected chi connectivity index (χ2v) is 9.69. The van der Waals surface area contributed by atoms with Crippen molar-refractivity contribution in [1.29, 1.82) is 0 Å². The van der Waals surface area contributed by atoms with Crippen molar-refractivity contribution in [2.45, 2.75) is 19.4 Å². The molecular weight excluding hydrogens is 459 g/mol. The maximum absolute atomic E-state index is 14.6. The normalized spacial score (nSPS) is 17.1. The third kappa shape index (κ3) is 4.51.